The SMILES string of the molecule is CCN(CC(=O)O)C(=O)c1cccc(Cl)c1[N+](=O)[O-]. The first kappa shape index (κ1) is 14.9. The van der Waals surface area contributed by atoms with Gasteiger partial charge in [0, 0.05) is 6.54 Å². The number of carboxylic acid groups (broad SMARTS) is 1. The Bertz CT molecular complexity index is 532. The van der Waals surface area contributed by atoms with Gasteiger partial charge < -0.3 is 10.0 Å². The molecule has 0 unspecified atom stereocenters. The fourth-order valence-electron chi connectivity index (χ4n) is 1.53. The lowest BCUT2D eigenvalue weighted by molar-refractivity contribution is -0.385. The summed E-state index contributed by atoms with van der Waals surface area (Å²) in [7, 11) is 0. The number of nitro benzene ring substituents is 1. The molecule has 0 heterocycles. The molecule has 0 aliphatic heterocycles. The number of nitro groups is 1. The number of aliphatic carboxylic acids is 1. The van der Waals surface area contributed by atoms with Crippen molar-refractivity contribution >= 4 is 29.2 Å². The van der Waals surface area contributed by atoms with Crippen molar-refractivity contribution in [2.24, 2.45) is 0 Å². The summed E-state index contributed by atoms with van der Waals surface area (Å²) in [5.41, 5.74) is -0.737. The van der Waals surface area contributed by atoms with E-state index in [1.165, 1.54) is 18.2 Å². The Morgan fingerprint density at radius 3 is 2.58 bits per heavy atom. The van der Waals surface area contributed by atoms with Gasteiger partial charge in [0.25, 0.3) is 5.91 Å². The second-order valence-corrected chi connectivity index (χ2v) is 4.01. The zero-order valence-corrected chi connectivity index (χ0v) is 10.8. The van der Waals surface area contributed by atoms with Crippen molar-refractivity contribution in [3.8, 4) is 0 Å². The molecule has 102 valence electrons. The molecular weight excluding hydrogens is 276 g/mol. The minimum atomic E-state index is -1.19. The van der Waals surface area contributed by atoms with E-state index < -0.39 is 29.0 Å². The normalized spacial score (nSPS) is 10.0. The summed E-state index contributed by atoms with van der Waals surface area (Å²) in [5, 5.41) is 19.4. The van der Waals surface area contributed by atoms with Gasteiger partial charge in [0.2, 0.25) is 0 Å². The lowest BCUT2D eigenvalue weighted by Gasteiger charge is -2.18. The van der Waals surface area contributed by atoms with Gasteiger partial charge >= 0.3 is 11.7 Å². The number of hydrogen-bond acceptors (Lipinski definition) is 4. The first-order chi connectivity index (χ1) is 8.88. The molecule has 7 nitrogen and oxygen atoms in total. The van der Waals surface area contributed by atoms with Gasteiger partial charge in [0.05, 0.1) is 4.92 Å². The van der Waals surface area contributed by atoms with E-state index in [1.54, 1.807) is 6.92 Å². The fourth-order valence-corrected chi connectivity index (χ4v) is 1.78. The summed E-state index contributed by atoms with van der Waals surface area (Å²) in [4.78, 5) is 33.9. The van der Waals surface area contributed by atoms with E-state index in [0.717, 1.165) is 4.90 Å². The second-order valence-electron chi connectivity index (χ2n) is 3.61. The van der Waals surface area contributed by atoms with Crippen LogP contribution in [-0.2, 0) is 4.79 Å². The van der Waals surface area contributed by atoms with Crippen LogP contribution in [0.4, 0.5) is 5.69 Å². The van der Waals surface area contributed by atoms with E-state index in [0.29, 0.717) is 0 Å². The van der Waals surface area contributed by atoms with Crippen LogP contribution < -0.4 is 0 Å². The molecule has 1 rings (SSSR count). The van der Waals surface area contributed by atoms with Crippen LogP contribution in [0.25, 0.3) is 0 Å². The Labute approximate surface area is 113 Å². The number of carbonyl (C=O) groups excluding carboxylic acids is 1. The van der Waals surface area contributed by atoms with Crippen molar-refractivity contribution in [1.82, 2.24) is 4.90 Å². The molecule has 1 N–H and O–H groups in total. The Kier molecular flexibility index (Phi) is 4.82. The molecule has 19 heavy (non-hydrogen) atoms. The summed E-state index contributed by atoms with van der Waals surface area (Å²) in [6.07, 6.45) is 0. The predicted molar refractivity (Wildman–Crippen MR) is 67.3 cm³/mol. The Balaban J connectivity index is 3.22. The summed E-state index contributed by atoms with van der Waals surface area (Å²) in [5.74, 6) is -1.93. The average molecular weight is 287 g/mol. The van der Waals surface area contributed by atoms with Crippen molar-refractivity contribution in [2.75, 3.05) is 13.1 Å². The number of para-hydroxylation sites is 1. The predicted octanol–water partition coefficient (Wildman–Crippen LogP) is 1.79. The average Bonchev–Trinajstić information content (AvgIpc) is 2.34. The molecule has 0 spiro atoms. The van der Waals surface area contributed by atoms with E-state index in [4.69, 9.17) is 16.7 Å². The van der Waals surface area contributed by atoms with Gasteiger partial charge in [-0.25, -0.2) is 0 Å². The number of carboxylic acids is 1. The van der Waals surface area contributed by atoms with Crippen LogP contribution in [0.3, 0.4) is 0 Å². The number of hydrogen-bond donors (Lipinski definition) is 1. The zero-order chi connectivity index (χ0) is 14.6. The molecule has 1 amide bonds. The van der Waals surface area contributed by atoms with Crippen LogP contribution in [-0.4, -0.2) is 39.9 Å². The van der Waals surface area contributed by atoms with Crippen molar-refractivity contribution in [2.45, 2.75) is 6.92 Å². The summed E-state index contributed by atoms with van der Waals surface area (Å²) in [6, 6.07) is 3.94. The highest BCUT2D eigenvalue weighted by molar-refractivity contribution is 6.33. The maximum Gasteiger partial charge on any atom is 0.323 e. The van der Waals surface area contributed by atoms with Gasteiger partial charge in [-0.2, -0.15) is 0 Å². The molecule has 0 fully saturated rings. The molecule has 8 heteroatoms. The highest BCUT2D eigenvalue weighted by Crippen LogP contribution is 2.29. The second kappa shape index (κ2) is 6.14. The van der Waals surface area contributed by atoms with E-state index >= 15 is 0 Å². The third-order valence-electron chi connectivity index (χ3n) is 2.39. The van der Waals surface area contributed by atoms with E-state index in [9.17, 15) is 19.7 Å². The first-order valence-corrected chi connectivity index (χ1v) is 5.70. The number of rotatable bonds is 5. The Morgan fingerprint density at radius 2 is 2.11 bits per heavy atom. The van der Waals surface area contributed by atoms with E-state index in [1.807, 2.05) is 0 Å². The monoisotopic (exact) mass is 286 g/mol. The van der Waals surface area contributed by atoms with E-state index in [2.05, 4.69) is 0 Å². The minimum absolute atomic E-state index is 0.120. The highest BCUT2D eigenvalue weighted by atomic mass is 35.5. The summed E-state index contributed by atoms with van der Waals surface area (Å²) >= 11 is 5.69. The maximum atomic E-state index is 12.1. The third kappa shape index (κ3) is 3.41. The number of likely N-dealkylation sites (N-methyl/N-ethyl adjacent to an activating group) is 1. The van der Waals surface area contributed by atoms with Crippen LogP contribution in [0.2, 0.25) is 5.02 Å². The molecule has 1 aromatic rings. The van der Waals surface area contributed by atoms with Crippen LogP contribution in [0, 0.1) is 10.1 Å². The van der Waals surface area contributed by atoms with Gasteiger partial charge in [0.15, 0.2) is 0 Å². The van der Waals surface area contributed by atoms with Gasteiger partial charge in [-0.1, -0.05) is 17.7 Å². The highest BCUT2D eigenvalue weighted by Gasteiger charge is 2.27. The molecule has 0 bridgehead atoms. The van der Waals surface area contributed by atoms with Crippen molar-refractivity contribution in [1.29, 1.82) is 0 Å². The van der Waals surface area contributed by atoms with Gasteiger partial charge in [-0.3, -0.25) is 19.7 Å². The lowest BCUT2D eigenvalue weighted by atomic mass is 10.1. The number of amides is 1. The van der Waals surface area contributed by atoms with Crippen LogP contribution in [0.1, 0.15) is 17.3 Å². The maximum absolute atomic E-state index is 12.1. The van der Waals surface area contributed by atoms with Crippen molar-refractivity contribution < 1.29 is 19.6 Å². The molecule has 0 aliphatic rings. The molecular formula is C11H11ClN2O5. The number of carbonyl (C=O) groups is 2. The van der Waals surface area contributed by atoms with Crippen molar-refractivity contribution in [3.63, 3.8) is 0 Å². The minimum Gasteiger partial charge on any atom is -0.480 e. The molecule has 0 aromatic heterocycles. The third-order valence-corrected chi connectivity index (χ3v) is 2.70. The molecule has 0 radical (unpaired) electrons. The topological polar surface area (TPSA) is 101 Å². The van der Waals surface area contributed by atoms with Gasteiger partial charge in [0.1, 0.15) is 17.1 Å². The van der Waals surface area contributed by atoms with Crippen LogP contribution >= 0.6 is 11.6 Å². The molecule has 0 saturated heterocycles. The van der Waals surface area contributed by atoms with Crippen molar-refractivity contribution in [3.05, 3.63) is 38.9 Å². The smallest absolute Gasteiger partial charge is 0.323 e. The Hall–Kier alpha value is -2.15. The molecule has 0 atom stereocenters. The van der Waals surface area contributed by atoms with Gasteiger partial charge in [-0.05, 0) is 19.1 Å². The largest absolute Gasteiger partial charge is 0.480 e. The first-order valence-electron chi connectivity index (χ1n) is 5.32. The van der Waals surface area contributed by atoms with E-state index in [-0.39, 0.29) is 17.1 Å². The number of halogens is 1. The van der Waals surface area contributed by atoms with Gasteiger partial charge in [-0.15, -0.1) is 0 Å². The number of nitrogens with zero attached hydrogens (tertiary/aromatic N) is 2. The Morgan fingerprint density at radius 1 is 1.47 bits per heavy atom. The molecule has 0 aliphatic carbocycles. The van der Waals surface area contributed by atoms with Crippen LogP contribution in [0.15, 0.2) is 18.2 Å². The standard InChI is InChI=1S/C11H11ClN2O5/c1-2-13(6-9(15)16)11(17)7-4-3-5-8(12)10(7)14(18)19/h3-5H,2,6H2,1H3,(H,15,16). The zero-order valence-electron chi connectivity index (χ0n) is 10.00. The molecule has 1 aromatic carbocycles. The summed E-state index contributed by atoms with van der Waals surface area (Å²) < 4.78 is 0. The molecule has 0 saturated carbocycles. The fraction of sp³-hybridized carbons (Fsp3) is 0.273. The lowest BCUT2D eigenvalue weighted by Crippen LogP contribution is -2.35. The summed E-state index contributed by atoms with van der Waals surface area (Å²) in [6.45, 7) is 1.17. The van der Waals surface area contributed by atoms with Crippen LogP contribution in [0.5, 0.6) is 0 Å². The number of benzene rings is 1. The quantitative estimate of drug-likeness (QED) is 0.657.